The molecule has 0 atom stereocenters. The van der Waals surface area contributed by atoms with E-state index in [4.69, 9.17) is 5.73 Å². The van der Waals surface area contributed by atoms with E-state index in [1.165, 1.54) is 0 Å². The van der Waals surface area contributed by atoms with Crippen LogP contribution in [0.3, 0.4) is 0 Å². The number of hydrogen-bond donors (Lipinski definition) is 1. The third-order valence-electron chi connectivity index (χ3n) is 2.62. The van der Waals surface area contributed by atoms with Crippen molar-refractivity contribution >= 4 is 27.5 Å². The smallest absolute Gasteiger partial charge is 0.309 e. The average molecular weight is 262 g/mol. The third kappa shape index (κ3) is 2.06. The fourth-order valence-corrected chi connectivity index (χ4v) is 2.51. The molecular formula is C12H14N4OS. The van der Waals surface area contributed by atoms with Crippen LogP contribution in [-0.2, 0) is 6.54 Å². The summed E-state index contributed by atoms with van der Waals surface area (Å²) in [4.78, 5) is 20.2. The lowest BCUT2D eigenvalue weighted by Gasteiger charge is -2.04. The van der Waals surface area contributed by atoms with Gasteiger partial charge in [0.25, 0.3) is 0 Å². The van der Waals surface area contributed by atoms with Gasteiger partial charge in [0.1, 0.15) is 16.3 Å². The van der Waals surface area contributed by atoms with Crippen LogP contribution in [0.1, 0.15) is 12.7 Å². The number of hydrogen-bond acceptors (Lipinski definition) is 5. The molecule has 2 N–H and O–H groups in total. The molecule has 18 heavy (non-hydrogen) atoms. The summed E-state index contributed by atoms with van der Waals surface area (Å²) < 4.78 is 2.24. The van der Waals surface area contributed by atoms with Crippen LogP contribution >= 0.6 is 11.3 Å². The van der Waals surface area contributed by atoms with Crippen molar-refractivity contribution in [2.45, 2.75) is 20.4 Å². The first kappa shape index (κ1) is 12.5. The van der Waals surface area contributed by atoms with Crippen LogP contribution in [0.4, 0.5) is 5.82 Å². The van der Waals surface area contributed by atoms with E-state index in [1.807, 2.05) is 13.0 Å². The quantitative estimate of drug-likeness (QED) is 0.857. The second kappa shape index (κ2) is 4.73. The molecule has 0 saturated heterocycles. The average Bonchev–Trinajstić information content (AvgIpc) is 2.63. The molecule has 2 rings (SSSR count). The molecule has 0 fully saturated rings. The highest BCUT2D eigenvalue weighted by Gasteiger charge is 2.13. The van der Waals surface area contributed by atoms with Crippen molar-refractivity contribution in [2.24, 2.45) is 0 Å². The summed E-state index contributed by atoms with van der Waals surface area (Å²) in [7, 11) is 0. The van der Waals surface area contributed by atoms with Gasteiger partial charge in [-0.3, -0.25) is 9.36 Å². The van der Waals surface area contributed by atoms with E-state index >= 15 is 0 Å². The number of aromatic nitrogens is 3. The minimum atomic E-state index is -0.0854. The van der Waals surface area contributed by atoms with Gasteiger partial charge < -0.3 is 5.73 Å². The van der Waals surface area contributed by atoms with Crippen LogP contribution in [0.15, 0.2) is 29.1 Å². The summed E-state index contributed by atoms with van der Waals surface area (Å²) in [6.07, 6.45) is 3.65. The van der Waals surface area contributed by atoms with E-state index in [0.717, 1.165) is 16.9 Å². The summed E-state index contributed by atoms with van der Waals surface area (Å²) in [5.41, 5.74) is 7.37. The van der Waals surface area contributed by atoms with Gasteiger partial charge in [0.2, 0.25) is 0 Å². The molecular weight excluding hydrogens is 248 g/mol. The van der Waals surface area contributed by atoms with Gasteiger partial charge in [-0.2, -0.15) is 0 Å². The van der Waals surface area contributed by atoms with E-state index in [2.05, 4.69) is 16.5 Å². The van der Waals surface area contributed by atoms with Crippen LogP contribution in [0.2, 0.25) is 0 Å². The lowest BCUT2D eigenvalue weighted by atomic mass is 10.2. The van der Waals surface area contributed by atoms with Crippen molar-refractivity contribution in [3.8, 4) is 0 Å². The van der Waals surface area contributed by atoms with Crippen LogP contribution in [0.25, 0.3) is 10.3 Å². The van der Waals surface area contributed by atoms with Gasteiger partial charge in [-0.05, 0) is 19.4 Å². The highest BCUT2D eigenvalue weighted by Crippen LogP contribution is 2.21. The molecule has 0 radical (unpaired) electrons. The first-order valence-electron chi connectivity index (χ1n) is 5.48. The molecule has 0 saturated carbocycles. The van der Waals surface area contributed by atoms with E-state index in [-0.39, 0.29) is 4.87 Å². The summed E-state index contributed by atoms with van der Waals surface area (Å²) in [6, 6.07) is 0. The Kier molecular flexibility index (Phi) is 3.29. The molecule has 0 aromatic carbocycles. The summed E-state index contributed by atoms with van der Waals surface area (Å²) in [6.45, 7) is 7.84. The number of nitrogen functional groups attached to an aromatic ring is 1. The Morgan fingerprint density at radius 2 is 2.28 bits per heavy atom. The fourth-order valence-electron chi connectivity index (χ4n) is 1.67. The summed E-state index contributed by atoms with van der Waals surface area (Å²) >= 11 is 1.07. The molecule has 0 aliphatic heterocycles. The highest BCUT2D eigenvalue weighted by molar-refractivity contribution is 7.17. The van der Waals surface area contributed by atoms with Gasteiger partial charge >= 0.3 is 4.87 Å². The standard InChI is InChI=1S/C12H14N4OS/c1-4-8(5-2)6-16-11-9(18-12(16)17)10(13)14-7(3)15-11/h4-5H,1,6H2,2-3H3,(H2,13,14,15)/b8-5+. The first-order chi connectivity index (χ1) is 8.56. The predicted octanol–water partition coefficient (Wildman–Crippen LogP) is 1.88. The van der Waals surface area contributed by atoms with Crippen molar-refractivity contribution in [1.29, 1.82) is 0 Å². The minimum absolute atomic E-state index is 0.0854. The van der Waals surface area contributed by atoms with Crippen molar-refractivity contribution in [3.63, 3.8) is 0 Å². The fraction of sp³-hybridized carbons (Fsp3) is 0.250. The molecule has 2 aromatic rings. The van der Waals surface area contributed by atoms with E-state index in [9.17, 15) is 4.79 Å². The molecule has 0 unspecified atom stereocenters. The molecule has 0 aliphatic carbocycles. The van der Waals surface area contributed by atoms with Gasteiger partial charge in [-0.1, -0.05) is 30.1 Å². The Balaban J connectivity index is 2.67. The molecule has 0 bridgehead atoms. The van der Waals surface area contributed by atoms with Crippen molar-refractivity contribution < 1.29 is 0 Å². The predicted molar refractivity (Wildman–Crippen MR) is 74.8 cm³/mol. The lowest BCUT2D eigenvalue weighted by molar-refractivity contribution is 0.798. The molecule has 2 aromatic heterocycles. The van der Waals surface area contributed by atoms with Gasteiger partial charge in [-0.15, -0.1) is 0 Å². The Morgan fingerprint density at radius 3 is 2.89 bits per heavy atom. The van der Waals surface area contributed by atoms with E-state index in [1.54, 1.807) is 17.6 Å². The first-order valence-corrected chi connectivity index (χ1v) is 6.29. The summed E-state index contributed by atoms with van der Waals surface area (Å²) in [5, 5.41) is 0. The van der Waals surface area contributed by atoms with Gasteiger partial charge in [0.05, 0.1) is 6.54 Å². The Bertz CT molecular complexity index is 696. The Hall–Kier alpha value is -1.95. The number of nitrogens with two attached hydrogens (primary N) is 1. The zero-order valence-electron chi connectivity index (χ0n) is 10.3. The lowest BCUT2D eigenvalue weighted by Crippen LogP contribution is -2.14. The molecule has 6 heteroatoms. The monoisotopic (exact) mass is 262 g/mol. The number of fused-ring (bicyclic) bond motifs is 1. The van der Waals surface area contributed by atoms with Crippen molar-refractivity contribution in [3.05, 3.63) is 39.8 Å². The highest BCUT2D eigenvalue weighted by atomic mass is 32.1. The Labute approximate surface area is 108 Å². The Morgan fingerprint density at radius 1 is 1.56 bits per heavy atom. The summed E-state index contributed by atoms with van der Waals surface area (Å²) in [5.74, 6) is 0.922. The topological polar surface area (TPSA) is 73.8 Å². The minimum Gasteiger partial charge on any atom is -0.382 e. The van der Waals surface area contributed by atoms with Gasteiger partial charge in [0.15, 0.2) is 5.65 Å². The van der Waals surface area contributed by atoms with E-state index in [0.29, 0.717) is 28.5 Å². The van der Waals surface area contributed by atoms with Crippen molar-refractivity contribution in [2.75, 3.05) is 5.73 Å². The number of allylic oxidation sites excluding steroid dienone is 3. The number of thiazole rings is 1. The zero-order valence-corrected chi connectivity index (χ0v) is 11.1. The van der Waals surface area contributed by atoms with Crippen LogP contribution < -0.4 is 10.6 Å². The molecule has 5 nitrogen and oxygen atoms in total. The van der Waals surface area contributed by atoms with E-state index < -0.39 is 0 Å². The number of rotatable bonds is 3. The van der Waals surface area contributed by atoms with Gasteiger partial charge in [0, 0.05) is 0 Å². The number of aryl methyl sites for hydroxylation is 1. The second-order valence-corrected chi connectivity index (χ2v) is 4.79. The molecule has 0 amide bonds. The second-order valence-electron chi connectivity index (χ2n) is 3.83. The maximum Gasteiger partial charge on any atom is 0.309 e. The molecule has 94 valence electrons. The third-order valence-corrected chi connectivity index (χ3v) is 3.62. The number of nitrogens with zero attached hydrogens (tertiary/aromatic N) is 3. The maximum absolute atomic E-state index is 12.0. The normalized spacial score (nSPS) is 12.0. The SMILES string of the molecule is C=C/C(=C\C)Cn1c(=O)sc2c(N)nc(C)nc21. The largest absolute Gasteiger partial charge is 0.382 e. The molecule has 0 aliphatic rings. The molecule has 0 spiro atoms. The van der Waals surface area contributed by atoms with Crippen molar-refractivity contribution in [1.82, 2.24) is 14.5 Å². The number of anilines is 1. The van der Waals surface area contributed by atoms with Crippen LogP contribution in [0, 0.1) is 6.92 Å². The van der Waals surface area contributed by atoms with Crippen LogP contribution in [-0.4, -0.2) is 14.5 Å². The van der Waals surface area contributed by atoms with Crippen LogP contribution in [0.5, 0.6) is 0 Å². The molecule has 2 heterocycles. The maximum atomic E-state index is 12.0. The zero-order chi connectivity index (χ0) is 13.3. The van der Waals surface area contributed by atoms with Gasteiger partial charge in [-0.25, -0.2) is 9.97 Å².